The maximum atomic E-state index is 12.4. The minimum atomic E-state index is -4.48. The molecule has 6 nitrogen and oxygen atoms in total. The van der Waals surface area contributed by atoms with Crippen molar-refractivity contribution in [3.05, 3.63) is 46.8 Å². The summed E-state index contributed by atoms with van der Waals surface area (Å²) in [6.07, 6.45) is -4.48. The molecular weight excluding hydrogens is 305 g/mol. The Hall–Kier alpha value is -2.84. The third-order valence-electron chi connectivity index (χ3n) is 2.76. The highest BCUT2D eigenvalue weighted by Crippen LogP contribution is 2.29. The second kappa shape index (κ2) is 5.51. The molecule has 116 valence electrons. The van der Waals surface area contributed by atoms with Gasteiger partial charge in [0.15, 0.2) is 5.69 Å². The molecule has 2 rings (SSSR count). The number of anilines is 1. The van der Waals surface area contributed by atoms with Gasteiger partial charge in [-0.15, -0.1) is 0 Å². The molecule has 1 aromatic carbocycles. The van der Waals surface area contributed by atoms with Gasteiger partial charge in [0.25, 0.3) is 5.91 Å². The first kappa shape index (κ1) is 15.5. The van der Waals surface area contributed by atoms with Crippen LogP contribution in [0.25, 0.3) is 0 Å². The van der Waals surface area contributed by atoms with Crippen LogP contribution in [-0.4, -0.2) is 22.1 Å². The number of nitrogens with zero attached hydrogens (tertiary/aromatic N) is 1. The van der Waals surface area contributed by atoms with Crippen molar-refractivity contribution in [3.8, 4) is 0 Å². The third kappa shape index (κ3) is 3.08. The number of nitrogens with one attached hydrogen (secondary N) is 1. The van der Waals surface area contributed by atoms with Crippen LogP contribution in [0.15, 0.2) is 28.8 Å². The van der Waals surface area contributed by atoms with E-state index in [0.717, 1.165) is 24.3 Å². The Morgan fingerprint density at radius 2 is 1.82 bits per heavy atom. The molecule has 0 unspecified atom stereocenters. The number of hydrogen-bond donors (Lipinski definition) is 2. The van der Waals surface area contributed by atoms with Crippen LogP contribution in [0.3, 0.4) is 0 Å². The smallest absolute Gasteiger partial charge is 0.416 e. The van der Waals surface area contributed by atoms with Crippen molar-refractivity contribution in [2.24, 2.45) is 0 Å². The molecule has 0 aliphatic carbocycles. The van der Waals surface area contributed by atoms with Crippen LogP contribution >= 0.6 is 0 Å². The number of aromatic nitrogens is 1. The molecule has 0 saturated carbocycles. The van der Waals surface area contributed by atoms with Crippen LogP contribution in [0.4, 0.5) is 18.9 Å². The van der Waals surface area contributed by atoms with Crippen molar-refractivity contribution in [2.75, 3.05) is 5.32 Å². The molecule has 0 atom stereocenters. The van der Waals surface area contributed by atoms with Gasteiger partial charge in [-0.05, 0) is 31.2 Å². The molecule has 1 amide bonds. The van der Waals surface area contributed by atoms with Gasteiger partial charge in [0.2, 0.25) is 0 Å². The van der Waals surface area contributed by atoms with Crippen molar-refractivity contribution in [2.45, 2.75) is 13.1 Å². The molecule has 1 aromatic heterocycles. The molecule has 0 fully saturated rings. The number of alkyl halides is 3. The molecule has 1 heterocycles. The Morgan fingerprint density at radius 1 is 1.23 bits per heavy atom. The average molecular weight is 314 g/mol. The zero-order valence-corrected chi connectivity index (χ0v) is 11.1. The predicted octanol–water partition coefficient (Wildman–Crippen LogP) is 2.95. The average Bonchev–Trinajstić information content (AvgIpc) is 2.80. The lowest BCUT2D eigenvalue weighted by molar-refractivity contribution is -0.137. The Balaban J connectivity index is 2.21. The number of hydrogen-bond acceptors (Lipinski definition) is 4. The van der Waals surface area contributed by atoms with E-state index in [0.29, 0.717) is 0 Å². The second-order valence-corrected chi connectivity index (χ2v) is 4.30. The van der Waals surface area contributed by atoms with Gasteiger partial charge in [0, 0.05) is 5.69 Å². The SMILES string of the molecule is Cc1onc(C(=O)Nc2ccc(C(F)(F)F)cc2)c1C(=O)O. The van der Waals surface area contributed by atoms with Crippen molar-refractivity contribution in [3.63, 3.8) is 0 Å². The Kier molecular flexibility index (Phi) is 3.89. The standard InChI is InChI=1S/C13H9F3N2O4/c1-6-9(12(20)21)10(18-22-6)11(19)17-8-4-2-7(3-5-8)13(14,15)16/h2-5H,1H3,(H,17,19)(H,20,21). The van der Waals surface area contributed by atoms with E-state index >= 15 is 0 Å². The molecule has 2 aromatic rings. The van der Waals surface area contributed by atoms with Gasteiger partial charge >= 0.3 is 12.1 Å². The van der Waals surface area contributed by atoms with Crippen molar-refractivity contribution in [1.29, 1.82) is 0 Å². The number of rotatable bonds is 3. The first-order valence-corrected chi connectivity index (χ1v) is 5.88. The Labute approximate surface area is 121 Å². The van der Waals surface area contributed by atoms with E-state index in [1.807, 2.05) is 0 Å². The molecule has 9 heteroatoms. The van der Waals surface area contributed by atoms with E-state index in [2.05, 4.69) is 15.0 Å². The van der Waals surface area contributed by atoms with Gasteiger partial charge in [0.1, 0.15) is 11.3 Å². The van der Waals surface area contributed by atoms with Crippen molar-refractivity contribution < 1.29 is 32.4 Å². The van der Waals surface area contributed by atoms with Gasteiger partial charge in [-0.2, -0.15) is 13.2 Å². The number of benzene rings is 1. The fourth-order valence-electron chi connectivity index (χ4n) is 1.71. The number of carboxylic acid groups (broad SMARTS) is 1. The third-order valence-corrected chi connectivity index (χ3v) is 2.76. The zero-order chi connectivity index (χ0) is 16.5. The van der Waals surface area contributed by atoms with Crippen LogP contribution < -0.4 is 5.32 Å². The number of aromatic carboxylic acids is 1. The summed E-state index contributed by atoms with van der Waals surface area (Å²) in [5, 5.41) is 14.6. The van der Waals surface area contributed by atoms with Crippen LogP contribution in [0.1, 0.15) is 32.2 Å². The Bertz CT molecular complexity index is 720. The molecular formula is C13H9F3N2O4. The summed E-state index contributed by atoms with van der Waals surface area (Å²) in [5.41, 5.74) is -1.65. The summed E-state index contributed by atoms with van der Waals surface area (Å²) >= 11 is 0. The molecule has 0 spiro atoms. The van der Waals surface area contributed by atoms with E-state index in [-0.39, 0.29) is 11.4 Å². The number of carbonyl (C=O) groups is 2. The van der Waals surface area contributed by atoms with Gasteiger partial charge in [-0.25, -0.2) is 4.79 Å². The highest BCUT2D eigenvalue weighted by molar-refractivity contribution is 6.09. The largest absolute Gasteiger partial charge is 0.477 e. The maximum Gasteiger partial charge on any atom is 0.416 e. The number of carbonyl (C=O) groups excluding carboxylic acids is 1. The van der Waals surface area contributed by atoms with Gasteiger partial charge in [-0.1, -0.05) is 5.16 Å². The molecule has 2 N–H and O–H groups in total. The van der Waals surface area contributed by atoms with Crippen molar-refractivity contribution in [1.82, 2.24) is 5.16 Å². The fourth-order valence-corrected chi connectivity index (χ4v) is 1.71. The van der Waals surface area contributed by atoms with Crippen LogP contribution in [0, 0.1) is 6.92 Å². The van der Waals surface area contributed by atoms with Crippen molar-refractivity contribution >= 4 is 17.6 Å². The second-order valence-electron chi connectivity index (χ2n) is 4.30. The van der Waals surface area contributed by atoms with Crippen LogP contribution in [0.5, 0.6) is 0 Å². The topological polar surface area (TPSA) is 92.4 Å². The van der Waals surface area contributed by atoms with Gasteiger partial charge in [-0.3, -0.25) is 4.79 Å². The Morgan fingerprint density at radius 3 is 2.32 bits per heavy atom. The predicted molar refractivity (Wildman–Crippen MR) is 67.6 cm³/mol. The van der Waals surface area contributed by atoms with Crippen LogP contribution in [-0.2, 0) is 6.18 Å². The summed E-state index contributed by atoms with van der Waals surface area (Å²) in [7, 11) is 0. The first-order chi connectivity index (χ1) is 10.2. The molecule has 0 aliphatic heterocycles. The van der Waals surface area contributed by atoms with E-state index in [1.165, 1.54) is 6.92 Å². The highest BCUT2D eigenvalue weighted by Gasteiger charge is 2.30. The maximum absolute atomic E-state index is 12.4. The lowest BCUT2D eigenvalue weighted by Crippen LogP contribution is -2.16. The van der Waals surface area contributed by atoms with E-state index in [9.17, 15) is 22.8 Å². The first-order valence-electron chi connectivity index (χ1n) is 5.88. The van der Waals surface area contributed by atoms with E-state index in [1.54, 1.807) is 0 Å². The summed E-state index contributed by atoms with van der Waals surface area (Å²) in [4.78, 5) is 22.9. The number of aryl methyl sites for hydroxylation is 1. The summed E-state index contributed by atoms with van der Waals surface area (Å²) in [6.45, 7) is 1.32. The highest BCUT2D eigenvalue weighted by atomic mass is 19.4. The minimum Gasteiger partial charge on any atom is -0.477 e. The number of halogens is 3. The van der Waals surface area contributed by atoms with Gasteiger partial charge < -0.3 is 14.9 Å². The lowest BCUT2D eigenvalue weighted by atomic mass is 10.1. The lowest BCUT2D eigenvalue weighted by Gasteiger charge is -2.08. The fraction of sp³-hybridized carbons (Fsp3) is 0.154. The molecule has 0 radical (unpaired) electrons. The monoisotopic (exact) mass is 314 g/mol. The molecule has 0 saturated heterocycles. The normalized spacial score (nSPS) is 11.3. The molecule has 22 heavy (non-hydrogen) atoms. The molecule has 0 aliphatic rings. The minimum absolute atomic E-state index is 0.0509. The zero-order valence-electron chi connectivity index (χ0n) is 11.1. The number of amides is 1. The van der Waals surface area contributed by atoms with E-state index in [4.69, 9.17) is 5.11 Å². The number of carboxylic acids is 1. The summed E-state index contributed by atoms with van der Waals surface area (Å²) in [6, 6.07) is 3.69. The van der Waals surface area contributed by atoms with E-state index < -0.39 is 34.9 Å². The van der Waals surface area contributed by atoms with Gasteiger partial charge in [0.05, 0.1) is 5.56 Å². The quantitative estimate of drug-likeness (QED) is 0.908. The molecule has 0 bridgehead atoms. The summed E-state index contributed by atoms with van der Waals surface area (Å²) < 4.78 is 41.9. The van der Waals surface area contributed by atoms with Crippen LogP contribution in [0.2, 0.25) is 0 Å². The summed E-state index contributed by atoms with van der Waals surface area (Å²) in [5.74, 6) is -2.34.